The maximum atomic E-state index is 10.6. The number of piperidine rings is 1. The van der Waals surface area contributed by atoms with Gasteiger partial charge in [0.1, 0.15) is 0 Å². The number of rotatable bonds is 2. The monoisotopic (exact) mass is 143 g/mol. The van der Waals surface area contributed by atoms with Crippen molar-refractivity contribution >= 4 is 5.91 Å². The lowest BCUT2D eigenvalue weighted by Gasteiger charge is -2.21. The number of amides is 1. The highest BCUT2D eigenvalue weighted by molar-refractivity contribution is 5.76. The van der Waals surface area contributed by atoms with Crippen molar-refractivity contribution in [2.24, 2.45) is 0 Å². The van der Waals surface area contributed by atoms with E-state index in [2.05, 4.69) is 5.32 Å². The molecule has 0 spiro atoms. The Hall–Kier alpha value is -0.570. The average Bonchev–Trinajstić information content (AvgIpc) is 1.95. The van der Waals surface area contributed by atoms with Crippen molar-refractivity contribution in [3.05, 3.63) is 0 Å². The number of carbonyl (C=O) groups is 1. The van der Waals surface area contributed by atoms with Gasteiger partial charge in [-0.2, -0.15) is 0 Å². The van der Waals surface area contributed by atoms with E-state index >= 15 is 0 Å². The number of ether oxygens (including phenoxy) is 1. The zero-order valence-corrected chi connectivity index (χ0v) is 6.22. The van der Waals surface area contributed by atoms with Crippen LogP contribution in [0.1, 0.15) is 19.8 Å². The highest BCUT2D eigenvalue weighted by atomic mass is 16.5. The molecule has 3 nitrogen and oxygen atoms in total. The third kappa shape index (κ3) is 1.99. The molecule has 1 heterocycles. The topological polar surface area (TPSA) is 38.3 Å². The van der Waals surface area contributed by atoms with Gasteiger partial charge in [-0.3, -0.25) is 4.79 Å². The van der Waals surface area contributed by atoms with Crippen LogP contribution in [0.5, 0.6) is 0 Å². The minimum Gasteiger partial charge on any atom is -0.377 e. The van der Waals surface area contributed by atoms with Crippen LogP contribution < -0.4 is 5.32 Å². The van der Waals surface area contributed by atoms with Crippen LogP contribution in [0.25, 0.3) is 0 Å². The lowest BCUT2D eigenvalue weighted by atomic mass is 10.1. The van der Waals surface area contributed by atoms with Crippen LogP contribution in [0, 0.1) is 0 Å². The number of nitrogens with one attached hydrogen (secondary N) is 1. The van der Waals surface area contributed by atoms with Crippen LogP contribution in [0.2, 0.25) is 0 Å². The largest absolute Gasteiger partial charge is 0.377 e. The van der Waals surface area contributed by atoms with Crippen molar-refractivity contribution in [2.45, 2.75) is 25.9 Å². The number of hydrogen-bond acceptors (Lipinski definition) is 2. The molecule has 1 rings (SSSR count). The highest BCUT2D eigenvalue weighted by Crippen LogP contribution is 2.05. The van der Waals surface area contributed by atoms with Crippen molar-refractivity contribution in [3.8, 4) is 0 Å². The summed E-state index contributed by atoms with van der Waals surface area (Å²) in [6, 6.07) is 0. The molecule has 10 heavy (non-hydrogen) atoms. The van der Waals surface area contributed by atoms with E-state index < -0.39 is 0 Å². The predicted molar refractivity (Wildman–Crippen MR) is 37.7 cm³/mol. The summed E-state index contributed by atoms with van der Waals surface area (Å²) in [5, 5.41) is 2.75. The van der Waals surface area contributed by atoms with Gasteiger partial charge in [0.05, 0.1) is 6.10 Å². The molecule has 1 atom stereocenters. The lowest BCUT2D eigenvalue weighted by molar-refractivity contribution is -0.124. The number of carbonyl (C=O) groups excluding carboxylic acids is 1. The fourth-order valence-electron chi connectivity index (χ4n) is 1.09. The fraction of sp³-hybridized carbons (Fsp3) is 0.857. The Balaban J connectivity index is 2.19. The van der Waals surface area contributed by atoms with Crippen LogP contribution in [0.3, 0.4) is 0 Å². The van der Waals surface area contributed by atoms with Crippen molar-refractivity contribution in [1.29, 1.82) is 0 Å². The Morgan fingerprint density at radius 1 is 1.80 bits per heavy atom. The molecule has 58 valence electrons. The van der Waals surface area contributed by atoms with Crippen LogP contribution in [-0.2, 0) is 9.53 Å². The van der Waals surface area contributed by atoms with Gasteiger partial charge >= 0.3 is 0 Å². The standard InChI is InChI=1S/C7H13NO2/c1-2-10-6-3-4-7(9)8-5-6/h6H,2-5H2,1H3,(H,8,9)/t6-/m0/s1. The minimum atomic E-state index is 0.149. The molecule has 1 saturated heterocycles. The van der Waals surface area contributed by atoms with Gasteiger partial charge in [-0.25, -0.2) is 0 Å². The van der Waals surface area contributed by atoms with Crippen molar-refractivity contribution in [2.75, 3.05) is 13.2 Å². The van der Waals surface area contributed by atoms with Gasteiger partial charge in [-0.1, -0.05) is 0 Å². The molecule has 1 aliphatic heterocycles. The maximum Gasteiger partial charge on any atom is 0.220 e. The molecule has 3 heteroatoms. The summed E-state index contributed by atoms with van der Waals surface area (Å²) in [5.41, 5.74) is 0. The molecule has 1 amide bonds. The van der Waals surface area contributed by atoms with E-state index in [1.165, 1.54) is 0 Å². The Kier molecular flexibility index (Phi) is 2.68. The van der Waals surface area contributed by atoms with E-state index in [0.717, 1.165) is 13.0 Å². The maximum absolute atomic E-state index is 10.6. The summed E-state index contributed by atoms with van der Waals surface area (Å²) in [4.78, 5) is 10.6. The second-order valence-corrected chi connectivity index (χ2v) is 2.42. The molecule has 0 aromatic carbocycles. The predicted octanol–water partition coefficient (Wildman–Crippen LogP) is 0.301. The summed E-state index contributed by atoms with van der Waals surface area (Å²) in [6.07, 6.45) is 1.74. The van der Waals surface area contributed by atoms with Crippen molar-refractivity contribution < 1.29 is 9.53 Å². The molecule has 0 saturated carbocycles. The van der Waals surface area contributed by atoms with Crippen molar-refractivity contribution in [3.63, 3.8) is 0 Å². The molecule has 0 aliphatic carbocycles. The van der Waals surface area contributed by atoms with Crippen molar-refractivity contribution in [1.82, 2.24) is 5.32 Å². The van der Waals surface area contributed by atoms with E-state index in [9.17, 15) is 4.79 Å². The third-order valence-electron chi connectivity index (χ3n) is 1.62. The normalized spacial score (nSPS) is 26.1. The summed E-state index contributed by atoms with van der Waals surface area (Å²) in [6.45, 7) is 3.39. The van der Waals surface area contributed by atoms with Gasteiger partial charge in [-0.15, -0.1) is 0 Å². The molecule has 1 aliphatic rings. The minimum absolute atomic E-state index is 0.149. The molecule has 0 bridgehead atoms. The first-order valence-electron chi connectivity index (χ1n) is 3.71. The average molecular weight is 143 g/mol. The van der Waals surface area contributed by atoms with Gasteiger partial charge in [0.25, 0.3) is 0 Å². The Bertz CT molecular complexity index is 115. The quantitative estimate of drug-likeness (QED) is 0.603. The van der Waals surface area contributed by atoms with Gasteiger partial charge in [0, 0.05) is 19.6 Å². The number of hydrogen-bond donors (Lipinski definition) is 1. The smallest absolute Gasteiger partial charge is 0.220 e. The SMILES string of the molecule is CCO[C@H]1CCC(=O)NC1. The Labute approximate surface area is 60.7 Å². The first-order chi connectivity index (χ1) is 4.83. The fourth-order valence-corrected chi connectivity index (χ4v) is 1.09. The molecular weight excluding hydrogens is 130 g/mol. The molecule has 0 radical (unpaired) electrons. The molecule has 0 aromatic heterocycles. The van der Waals surface area contributed by atoms with Crippen LogP contribution in [0.4, 0.5) is 0 Å². The van der Waals surface area contributed by atoms with E-state index in [-0.39, 0.29) is 12.0 Å². The molecule has 0 unspecified atom stereocenters. The van der Waals surface area contributed by atoms with E-state index in [0.29, 0.717) is 13.0 Å². The van der Waals surface area contributed by atoms with Crippen LogP contribution >= 0.6 is 0 Å². The molecular formula is C7H13NO2. The summed E-state index contributed by atoms with van der Waals surface area (Å²) in [7, 11) is 0. The molecule has 1 fully saturated rings. The van der Waals surface area contributed by atoms with E-state index in [1.807, 2.05) is 6.92 Å². The summed E-state index contributed by atoms with van der Waals surface area (Å²) >= 11 is 0. The highest BCUT2D eigenvalue weighted by Gasteiger charge is 2.16. The zero-order chi connectivity index (χ0) is 7.40. The van der Waals surface area contributed by atoms with Gasteiger partial charge < -0.3 is 10.1 Å². The zero-order valence-electron chi connectivity index (χ0n) is 6.22. The summed E-state index contributed by atoms with van der Waals surface area (Å²) in [5.74, 6) is 0.149. The lowest BCUT2D eigenvalue weighted by Crippen LogP contribution is -2.39. The van der Waals surface area contributed by atoms with Crippen LogP contribution in [0.15, 0.2) is 0 Å². The molecule has 1 N–H and O–H groups in total. The Morgan fingerprint density at radius 2 is 2.60 bits per heavy atom. The second kappa shape index (κ2) is 3.56. The first-order valence-corrected chi connectivity index (χ1v) is 3.71. The second-order valence-electron chi connectivity index (χ2n) is 2.42. The summed E-state index contributed by atoms with van der Waals surface area (Å²) < 4.78 is 5.32. The Morgan fingerprint density at radius 3 is 3.10 bits per heavy atom. The van der Waals surface area contributed by atoms with E-state index in [4.69, 9.17) is 4.74 Å². The molecule has 0 aromatic rings. The third-order valence-corrected chi connectivity index (χ3v) is 1.62. The van der Waals surface area contributed by atoms with Gasteiger partial charge in [0.15, 0.2) is 0 Å². The van der Waals surface area contributed by atoms with Gasteiger partial charge in [0.2, 0.25) is 5.91 Å². The van der Waals surface area contributed by atoms with Gasteiger partial charge in [-0.05, 0) is 13.3 Å². The van der Waals surface area contributed by atoms with E-state index in [1.54, 1.807) is 0 Å². The first kappa shape index (κ1) is 7.54. The van der Waals surface area contributed by atoms with Crippen LogP contribution in [-0.4, -0.2) is 25.2 Å².